The van der Waals surface area contributed by atoms with E-state index in [0.717, 1.165) is 0 Å². The Hall–Kier alpha value is -3.48. The summed E-state index contributed by atoms with van der Waals surface area (Å²) in [7, 11) is 1.72. The minimum atomic E-state index is -0.391. The highest BCUT2D eigenvalue weighted by Gasteiger charge is 2.16. The van der Waals surface area contributed by atoms with Crippen LogP contribution in [0.15, 0.2) is 65.6 Å². The van der Waals surface area contributed by atoms with E-state index in [2.05, 4.69) is 10.1 Å². The van der Waals surface area contributed by atoms with Gasteiger partial charge in [0, 0.05) is 13.1 Å². The molecule has 26 heavy (non-hydrogen) atoms. The molecule has 0 aliphatic rings. The first kappa shape index (κ1) is 16.0. The normalized spacial score (nSPS) is 11.0. The van der Waals surface area contributed by atoms with Crippen LogP contribution >= 0.6 is 0 Å². The molecular formula is C19H15FN4O2. The molecule has 0 aliphatic heterocycles. The van der Waals surface area contributed by atoms with E-state index in [1.807, 2.05) is 30.3 Å². The molecule has 0 N–H and O–H groups in total. The number of halogens is 1. The fourth-order valence-corrected chi connectivity index (χ4v) is 2.77. The molecule has 0 amide bonds. The molecule has 0 radical (unpaired) electrons. The van der Waals surface area contributed by atoms with E-state index in [1.54, 1.807) is 19.2 Å². The van der Waals surface area contributed by atoms with Gasteiger partial charge < -0.3 is 4.74 Å². The van der Waals surface area contributed by atoms with Crippen molar-refractivity contribution in [3.8, 4) is 11.4 Å². The Morgan fingerprint density at radius 3 is 2.69 bits per heavy atom. The van der Waals surface area contributed by atoms with Crippen LogP contribution in [0.25, 0.3) is 16.7 Å². The highest BCUT2D eigenvalue weighted by atomic mass is 19.1. The first-order valence-electron chi connectivity index (χ1n) is 8.01. The molecule has 0 aliphatic carbocycles. The monoisotopic (exact) mass is 350 g/mol. The number of aromatic nitrogens is 4. The van der Waals surface area contributed by atoms with Gasteiger partial charge in [0.25, 0.3) is 5.56 Å². The Labute approximate surface area is 148 Å². The summed E-state index contributed by atoms with van der Waals surface area (Å²) in [5.41, 5.74) is 0.917. The van der Waals surface area contributed by atoms with E-state index in [4.69, 9.17) is 4.74 Å². The van der Waals surface area contributed by atoms with Crippen LogP contribution in [0.4, 0.5) is 4.39 Å². The van der Waals surface area contributed by atoms with Crippen molar-refractivity contribution in [1.29, 1.82) is 0 Å². The molecule has 0 spiro atoms. The number of hydrogen-bond donors (Lipinski definition) is 0. The molecular weight excluding hydrogens is 335 g/mol. The number of nitrogens with zero attached hydrogens (tertiary/aromatic N) is 4. The van der Waals surface area contributed by atoms with Gasteiger partial charge in [-0.25, -0.2) is 9.37 Å². The first-order chi connectivity index (χ1) is 12.6. The summed E-state index contributed by atoms with van der Waals surface area (Å²) < 4.78 is 22.1. The van der Waals surface area contributed by atoms with Gasteiger partial charge in [0.1, 0.15) is 23.6 Å². The maximum absolute atomic E-state index is 13.4. The quantitative estimate of drug-likeness (QED) is 0.568. The number of aryl methyl sites for hydroxylation is 1. The van der Waals surface area contributed by atoms with Crippen molar-refractivity contribution in [3.63, 3.8) is 0 Å². The minimum absolute atomic E-state index is 0.00864. The zero-order valence-electron chi connectivity index (χ0n) is 14.0. The van der Waals surface area contributed by atoms with E-state index in [9.17, 15) is 9.18 Å². The van der Waals surface area contributed by atoms with Gasteiger partial charge in [0.05, 0.1) is 11.9 Å². The van der Waals surface area contributed by atoms with Crippen LogP contribution < -0.4 is 10.3 Å². The van der Waals surface area contributed by atoms with Crippen LogP contribution in [0, 0.1) is 5.82 Å². The van der Waals surface area contributed by atoms with Gasteiger partial charge in [0.15, 0.2) is 11.5 Å². The number of para-hydroxylation sites is 1. The van der Waals surface area contributed by atoms with E-state index in [-0.39, 0.29) is 12.2 Å². The lowest BCUT2D eigenvalue weighted by molar-refractivity contribution is 0.290. The Morgan fingerprint density at radius 1 is 1.12 bits per heavy atom. The maximum atomic E-state index is 13.4. The summed E-state index contributed by atoms with van der Waals surface area (Å²) in [6, 6.07) is 15.0. The number of benzene rings is 2. The van der Waals surface area contributed by atoms with E-state index in [0.29, 0.717) is 28.3 Å². The molecule has 6 nitrogen and oxygen atoms in total. The molecule has 2 heterocycles. The molecule has 0 saturated carbocycles. The first-order valence-corrected chi connectivity index (χ1v) is 8.01. The third kappa shape index (κ3) is 2.83. The molecule has 2 aromatic heterocycles. The third-order valence-electron chi connectivity index (χ3n) is 4.01. The maximum Gasteiger partial charge on any atom is 0.269 e. The summed E-state index contributed by atoms with van der Waals surface area (Å²) >= 11 is 0. The number of fused-ring (bicyclic) bond motifs is 1. The smallest absolute Gasteiger partial charge is 0.269 e. The fraction of sp³-hybridized carbons (Fsp3) is 0.105. The predicted molar refractivity (Wildman–Crippen MR) is 94.8 cm³/mol. The Balaban J connectivity index is 1.83. The van der Waals surface area contributed by atoms with Gasteiger partial charge in [-0.1, -0.05) is 24.3 Å². The number of ether oxygens (including phenoxy) is 1. The minimum Gasteiger partial charge on any atom is -0.486 e. The zero-order chi connectivity index (χ0) is 18.1. The second-order valence-corrected chi connectivity index (χ2v) is 5.76. The lowest BCUT2D eigenvalue weighted by Gasteiger charge is -2.13. The lowest BCUT2D eigenvalue weighted by atomic mass is 10.3. The highest BCUT2D eigenvalue weighted by Crippen LogP contribution is 2.16. The van der Waals surface area contributed by atoms with Crippen LogP contribution in [0.5, 0.6) is 5.75 Å². The summed E-state index contributed by atoms with van der Waals surface area (Å²) in [5.74, 6) is 0.378. The van der Waals surface area contributed by atoms with Crippen molar-refractivity contribution in [2.24, 2.45) is 7.05 Å². The zero-order valence-corrected chi connectivity index (χ0v) is 14.0. The van der Waals surface area contributed by atoms with Crippen molar-refractivity contribution in [2.75, 3.05) is 0 Å². The van der Waals surface area contributed by atoms with Crippen molar-refractivity contribution in [3.05, 3.63) is 82.8 Å². The molecule has 0 unspecified atom stereocenters. The standard InChI is InChI=1S/C19H15FN4O2/c1-23-18-16(11-21-23)19(25)24(14-7-3-2-4-8-14)17(22-18)12-26-15-9-5-6-13(20)10-15/h2-11H,12H2,1H3. The van der Waals surface area contributed by atoms with Gasteiger partial charge in [-0.2, -0.15) is 5.10 Å². The summed E-state index contributed by atoms with van der Waals surface area (Å²) in [5, 5.41) is 4.53. The highest BCUT2D eigenvalue weighted by molar-refractivity contribution is 5.73. The van der Waals surface area contributed by atoms with E-state index in [1.165, 1.54) is 27.6 Å². The molecule has 0 fully saturated rings. The Kier molecular flexibility index (Phi) is 3.96. The second kappa shape index (κ2) is 6.44. The molecule has 4 rings (SSSR count). The van der Waals surface area contributed by atoms with Crippen LogP contribution in [-0.4, -0.2) is 19.3 Å². The number of hydrogen-bond acceptors (Lipinski definition) is 4. The average molecular weight is 350 g/mol. The molecule has 0 bridgehead atoms. The van der Waals surface area contributed by atoms with Gasteiger partial charge >= 0.3 is 0 Å². The van der Waals surface area contributed by atoms with Crippen LogP contribution in [0.1, 0.15) is 5.82 Å². The molecule has 0 atom stereocenters. The van der Waals surface area contributed by atoms with Gasteiger partial charge in [0.2, 0.25) is 0 Å². The van der Waals surface area contributed by atoms with Crippen LogP contribution in [0.2, 0.25) is 0 Å². The average Bonchev–Trinajstić information content (AvgIpc) is 3.02. The Morgan fingerprint density at radius 2 is 1.92 bits per heavy atom. The predicted octanol–water partition coefficient (Wildman–Crippen LogP) is 2.84. The van der Waals surface area contributed by atoms with Gasteiger partial charge in [-0.3, -0.25) is 14.0 Å². The van der Waals surface area contributed by atoms with Gasteiger partial charge in [-0.15, -0.1) is 0 Å². The summed E-state index contributed by atoms with van der Waals surface area (Å²) in [6.45, 7) is 0.00864. The second-order valence-electron chi connectivity index (χ2n) is 5.76. The van der Waals surface area contributed by atoms with E-state index < -0.39 is 5.82 Å². The van der Waals surface area contributed by atoms with E-state index >= 15 is 0 Å². The van der Waals surface area contributed by atoms with Crippen LogP contribution in [0.3, 0.4) is 0 Å². The van der Waals surface area contributed by atoms with Crippen molar-refractivity contribution in [1.82, 2.24) is 19.3 Å². The van der Waals surface area contributed by atoms with Crippen molar-refractivity contribution >= 4 is 11.0 Å². The molecule has 0 saturated heterocycles. The lowest BCUT2D eigenvalue weighted by Crippen LogP contribution is -2.25. The molecule has 2 aromatic carbocycles. The topological polar surface area (TPSA) is 61.9 Å². The van der Waals surface area contributed by atoms with Crippen molar-refractivity contribution in [2.45, 2.75) is 6.61 Å². The number of rotatable bonds is 4. The SMILES string of the molecule is Cn1ncc2c(=O)n(-c3ccccc3)c(COc3cccc(F)c3)nc21. The summed E-state index contributed by atoms with van der Waals surface area (Å²) in [6.07, 6.45) is 1.50. The fourth-order valence-electron chi connectivity index (χ4n) is 2.77. The molecule has 130 valence electrons. The van der Waals surface area contributed by atoms with Gasteiger partial charge in [-0.05, 0) is 24.3 Å². The summed E-state index contributed by atoms with van der Waals surface area (Å²) in [4.78, 5) is 17.5. The van der Waals surface area contributed by atoms with Crippen LogP contribution in [-0.2, 0) is 13.7 Å². The molecule has 7 heteroatoms. The largest absolute Gasteiger partial charge is 0.486 e. The molecule has 4 aromatic rings. The third-order valence-corrected chi connectivity index (χ3v) is 4.01. The van der Waals surface area contributed by atoms with Crippen molar-refractivity contribution < 1.29 is 9.13 Å². The Bertz CT molecular complexity index is 1140.